The number of fused-ring (bicyclic) bond motifs is 3. The van der Waals surface area contributed by atoms with Crippen molar-refractivity contribution in [3.63, 3.8) is 0 Å². The lowest BCUT2D eigenvalue weighted by Gasteiger charge is -2.29. The summed E-state index contributed by atoms with van der Waals surface area (Å²) in [6.45, 7) is 6.07. The first-order valence-corrected chi connectivity index (χ1v) is 8.93. The van der Waals surface area contributed by atoms with Crippen LogP contribution in [-0.2, 0) is 0 Å². The number of nitrogens with zero attached hydrogens (tertiary/aromatic N) is 3. The van der Waals surface area contributed by atoms with Crippen LogP contribution in [0.4, 0.5) is 0 Å². The summed E-state index contributed by atoms with van der Waals surface area (Å²) in [5.41, 5.74) is 2.33. The smallest absolute Gasteiger partial charge is 0.252 e. The third kappa shape index (κ3) is 3.82. The number of carbonyl (C=O) groups excluding carboxylic acids is 1. The van der Waals surface area contributed by atoms with Crippen molar-refractivity contribution in [2.24, 2.45) is 0 Å². The minimum absolute atomic E-state index is 0. The van der Waals surface area contributed by atoms with Gasteiger partial charge in [0.05, 0.1) is 17.1 Å². The molecule has 2 saturated heterocycles. The summed E-state index contributed by atoms with van der Waals surface area (Å²) in [6, 6.07) is 3.49. The molecule has 26 heavy (non-hydrogen) atoms. The fourth-order valence-corrected chi connectivity index (χ4v) is 4.15. The van der Waals surface area contributed by atoms with E-state index in [1.54, 1.807) is 6.20 Å². The Morgan fingerprint density at radius 1 is 1.27 bits per heavy atom. The average Bonchev–Trinajstić information content (AvgIpc) is 3.09. The number of pyridine rings is 1. The quantitative estimate of drug-likeness (QED) is 0.830. The maximum atomic E-state index is 12.9. The molecule has 144 valence electrons. The standard InChI is InChI=1S/C18H25N5O.2ClH/c1-10(2)23-17-16(9-19-23)15(6-11(3)20-17)18(24)22-14-7-12-4-5-13(8-14)21-12;;/h6,9-10,12-14,21H,4-5,7-8H2,1-3H3,(H,22,24);2*1H. The minimum atomic E-state index is 0. The monoisotopic (exact) mass is 399 g/mol. The van der Waals surface area contributed by atoms with Crippen LogP contribution in [0.5, 0.6) is 0 Å². The van der Waals surface area contributed by atoms with E-state index in [1.807, 2.05) is 17.7 Å². The summed E-state index contributed by atoms with van der Waals surface area (Å²) >= 11 is 0. The van der Waals surface area contributed by atoms with Crippen LogP contribution < -0.4 is 10.6 Å². The van der Waals surface area contributed by atoms with Gasteiger partial charge in [0.15, 0.2) is 5.65 Å². The van der Waals surface area contributed by atoms with Gasteiger partial charge in [0, 0.05) is 29.9 Å². The highest BCUT2D eigenvalue weighted by Crippen LogP contribution is 2.27. The topological polar surface area (TPSA) is 71.8 Å². The number of halogens is 2. The van der Waals surface area contributed by atoms with Crippen molar-refractivity contribution in [2.45, 2.75) is 70.6 Å². The van der Waals surface area contributed by atoms with Crippen LogP contribution in [0.25, 0.3) is 11.0 Å². The van der Waals surface area contributed by atoms with Crippen LogP contribution in [0.3, 0.4) is 0 Å². The fourth-order valence-electron chi connectivity index (χ4n) is 4.15. The molecule has 2 fully saturated rings. The molecule has 2 aliphatic rings. The molecule has 0 radical (unpaired) electrons. The number of hydrogen-bond donors (Lipinski definition) is 2. The molecule has 0 saturated carbocycles. The molecule has 2 N–H and O–H groups in total. The number of rotatable bonds is 3. The highest BCUT2D eigenvalue weighted by molar-refractivity contribution is 6.05. The molecule has 2 unspecified atom stereocenters. The molecule has 4 rings (SSSR count). The van der Waals surface area contributed by atoms with Gasteiger partial charge in [-0.05, 0) is 52.5 Å². The van der Waals surface area contributed by atoms with Crippen molar-refractivity contribution in [1.29, 1.82) is 0 Å². The molecule has 4 heterocycles. The maximum absolute atomic E-state index is 12.9. The SMILES string of the molecule is Cc1cc(C(=O)NC2CC3CCC(C2)N3)c2cnn(C(C)C)c2n1.Cl.Cl. The molecule has 1 amide bonds. The molecule has 2 aromatic rings. The number of amides is 1. The van der Waals surface area contributed by atoms with Gasteiger partial charge < -0.3 is 10.6 Å². The van der Waals surface area contributed by atoms with Crippen molar-refractivity contribution in [3.8, 4) is 0 Å². The molecular formula is C18H27Cl2N5O. The third-order valence-corrected chi connectivity index (χ3v) is 5.24. The lowest BCUT2D eigenvalue weighted by atomic mass is 9.99. The second kappa shape index (κ2) is 8.11. The third-order valence-electron chi connectivity index (χ3n) is 5.24. The second-order valence-electron chi connectivity index (χ2n) is 7.51. The van der Waals surface area contributed by atoms with Crippen molar-refractivity contribution in [1.82, 2.24) is 25.4 Å². The molecule has 0 aliphatic carbocycles. The number of nitrogens with one attached hydrogen (secondary N) is 2. The predicted molar refractivity (Wildman–Crippen MR) is 108 cm³/mol. The summed E-state index contributed by atoms with van der Waals surface area (Å²) in [5.74, 6) is 0.0000983. The van der Waals surface area contributed by atoms with Gasteiger partial charge in [-0.2, -0.15) is 5.10 Å². The molecule has 2 aliphatic heterocycles. The Morgan fingerprint density at radius 3 is 2.54 bits per heavy atom. The molecule has 2 atom stereocenters. The van der Waals surface area contributed by atoms with E-state index in [4.69, 9.17) is 0 Å². The van der Waals surface area contributed by atoms with Crippen LogP contribution in [0.2, 0.25) is 0 Å². The van der Waals surface area contributed by atoms with Gasteiger partial charge in [-0.3, -0.25) is 4.79 Å². The molecule has 8 heteroatoms. The van der Waals surface area contributed by atoms with Crippen molar-refractivity contribution in [2.75, 3.05) is 0 Å². The number of aryl methyl sites for hydroxylation is 1. The zero-order chi connectivity index (χ0) is 16.8. The highest BCUT2D eigenvalue weighted by atomic mass is 35.5. The van der Waals surface area contributed by atoms with E-state index >= 15 is 0 Å². The van der Waals surface area contributed by atoms with Crippen LogP contribution >= 0.6 is 24.8 Å². The van der Waals surface area contributed by atoms with E-state index in [2.05, 4.69) is 34.6 Å². The maximum Gasteiger partial charge on any atom is 0.252 e. The Kier molecular flexibility index (Phi) is 6.53. The number of carbonyl (C=O) groups is 1. The molecular weight excluding hydrogens is 373 g/mol. The average molecular weight is 400 g/mol. The van der Waals surface area contributed by atoms with Crippen LogP contribution in [0.15, 0.2) is 12.3 Å². The van der Waals surface area contributed by atoms with Gasteiger partial charge in [-0.25, -0.2) is 9.67 Å². The molecule has 6 nitrogen and oxygen atoms in total. The molecule has 0 spiro atoms. The summed E-state index contributed by atoms with van der Waals surface area (Å²) < 4.78 is 1.88. The number of hydrogen-bond acceptors (Lipinski definition) is 4. The highest BCUT2D eigenvalue weighted by Gasteiger charge is 2.34. The van der Waals surface area contributed by atoms with Gasteiger partial charge in [0.2, 0.25) is 0 Å². The zero-order valence-electron chi connectivity index (χ0n) is 15.4. The van der Waals surface area contributed by atoms with E-state index in [0.29, 0.717) is 17.6 Å². The molecule has 0 aromatic carbocycles. The number of piperidine rings is 1. The first-order chi connectivity index (χ1) is 11.5. The van der Waals surface area contributed by atoms with Crippen molar-refractivity contribution < 1.29 is 4.79 Å². The molecule has 2 aromatic heterocycles. The summed E-state index contributed by atoms with van der Waals surface area (Å²) in [6.07, 6.45) is 6.29. The fraction of sp³-hybridized carbons (Fsp3) is 0.611. The number of aromatic nitrogens is 3. The summed E-state index contributed by atoms with van der Waals surface area (Å²) in [4.78, 5) is 17.5. The van der Waals surface area contributed by atoms with E-state index in [9.17, 15) is 4.79 Å². The Hall–Kier alpha value is -1.37. The minimum Gasteiger partial charge on any atom is -0.349 e. The zero-order valence-corrected chi connectivity index (χ0v) is 17.0. The lowest BCUT2D eigenvalue weighted by molar-refractivity contribution is 0.0925. The van der Waals surface area contributed by atoms with E-state index in [0.717, 1.165) is 29.6 Å². The predicted octanol–water partition coefficient (Wildman–Crippen LogP) is 3.18. The van der Waals surface area contributed by atoms with Crippen molar-refractivity contribution in [3.05, 3.63) is 23.5 Å². The second-order valence-corrected chi connectivity index (χ2v) is 7.51. The van der Waals surface area contributed by atoms with Gasteiger partial charge in [0.25, 0.3) is 5.91 Å². The van der Waals surface area contributed by atoms with Crippen LogP contribution in [0.1, 0.15) is 61.6 Å². The Bertz CT molecular complexity index is 779. The molecule has 2 bridgehead atoms. The largest absolute Gasteiger partial charge is 0.349 e. The van der Waals surface area contributed by atoms with Crippen LogP contribution in [0, 0.1) is 6.92 Å². The first kappa shape index (κ1) is 20.9. The van der Waals surface area contributed by atoms with Gasteiger partial charge in [-0.15, -0.1) is 24.8 Å². The lowest BCUT2D eigenvalue weighted by Crippen LogP contribution is -2.48. The summed E-state index contributed by atoms with van der Waals surface area (Å²) in [5, 5.41) is 12.1. The van der Waals surface area contributed by atoms with Gasteiger partial charge in [0.1, 0.15) is 0 Å². The van der Waals surface area contributed by atoms with E-state index in [-0.39, 0.29) is 42.8 Å². The normalized spacial score (nSPS) is 24.2. The van der Waals surface area contributed by atoms with Crippen molar-refractivity contribution >= 4 is 41.8 Å². The first-order valence-electron chi connectivity index (χ1n) is 8.93. The summed E-state index contributed by atoms with van der Waals surface area (Å²) in [7, 11) is 0. The van der Waals surface area contributed by atoms with Crippen LogP contribution in [-0.4, -0.2) is 38.8 Å². The Morgan fingerprint density at radius 2 is 1.92 bits per heavy atom. The van der Waals surface area contributed by atoms with Gasteiger partial charge in [-0.1, -0.05) is 0 Å². The van der Waals surface area contributed by atoms with E-state index < -0.39 is 0 Å². The van der Waals surface area contributed by atoms with E-state index in [1.165, 1.54) is 12.8 Å². The van der Waals surface area contributed by atoms with Gasteiger partial charge >= 0.3 is 0 Å². The Labute approximate surface area is 166 Å². The Balaban J connectivity index is 0.00000121.